The number of ether oxygens (including phenoxy) is 1. The molecule has 5 nitrogen and oxygen atoms in total. The number of urea groups is 1. The first-order valence-corrected chi connectivity index (χ1v) is 7.74. The molecule has 20 heavy (non-hydrogen) atoms. The number of hydrogen-bond donors (Lipinski definition) is 3. The van der Waals surface area contributed by atoms with E-state index in [1.807, 2.05) is 0 Å². The second kappa shape index (κ2) is 9.19. The zero-order valence-electron chi connectivity index (χ0n) is 12.9. The van der Waals surface area contributed by atoms with E-state index in [1.165, 1.54) is 25.7 Å². The molecule has 0 bridgehead atoms. The largest absolute Gasteiger partial charge is 0.394 e. The van der Waals surface area contributed by atoms with Gasteiger partial charge in [-0.25, -0.2) is 4.79 Å². The van der Waals surface area contributed by atoms with E-state index >= 15 is 0 Å². The van der Waals surface area contributed by atoms with Crippen LogP contribution in [0.4, 0.5) is 4.79 Å². The summed E-state index contributed by atoms with van der Waals surface area (Å²) in [5, 5.41) is 14.3. The summed E-state index contributed by atoms with van der Waals surface area (Å²) in [5.74, 6) is 0.627. The van der Waals surface area contributed by atoms with Crippen molar-refractivity contribution in [2.75, 3.05) is 32.9 Å². The summed E-state index contributed by atoms with van der Waals surface area (Å²) in [7, 11) is 0. The first-order valence-electron chi connectivity index (χ1n) is 7.74. The molecule has 0 aromatic carbocycles. The molecule has 0 spiro atoms. The molecular weight excluding hydrogens is 256 g/mol. The fourth-order valence-electron chi connectivity index (χ4n) is 2.51. The van der Waals surface area contributed by atoms with Gasteiger partial charge in [-0.1, -0.05) is 13.8 Å². The third kappa shape index (κ3) is 7.70. The van der Waals surface area contributed by atoms with Crippen LogP contribution in [0.2, 0.25) is 0 Å². The van der Waals surface area contributed by atoms with Gasteiger partial charge in [0.05, 0.1) is 13.2 Å². The molecule has 0 unspecified atom stereocenters. The van der Waals surface area contributed by atoms with E-state index in [9.17, 15) is 4.79 Å². The molecule has 0 aromatic rings. The Kier molecular flexibility index (Phi) is 7.92. The predicted molar refractivity (Wildman–Crippen MR) is 79.7 cm³/mol. The quantitative estimate of drug-likeness (QED) is 0.597. The molecule has 1 aliphatic carbocycles. The average Bonchev–Trinajstić information content (AvgIpc) is 2.41. The van der Waals surface area contributed by atoms with Crippen molar-refractivity contribution >= 4 is 6.03 Å². The molecule has 0 radical (unpaired) electrons. The Morgan fingerprint density at radius 2 is 1.95 bits per heavy atom. The zero-order chi connectivity index (χ0) is 14.8. The van der Waals surface area contributed by atoms with Gasteiger partial charge in [0.15, 0.2) is 0 Å². The molecule has 0 aliphatic heterocycles. The Balaban J connectivity index is 1.98. The van der Waals surface area contributed by atoms with Crippen LogP contribution in [0.5, 0.6) is 0 Å². The van der Waals surface area contributed by atoms with Gasteiger partial charge in [0, 0.05) is 19.7 Å². The lowest BCUT2D eigenvalue weighted by molar-refractivity contribution is 0.0909. The number of amides is 2. The summed E-state index contributed by atoms with van der Waals surface area (Å²) >= 11 is 0. The van der Waals surface area contributed by atoms with Gasteiger partial charge in [0.25, 0.3) is 0 Å². The molecule has 1 fully saturated rings. The van der Waals surface area contributed by atoms with Crippen molar-refractivity contribution in [3.05, 3.63) is 0 Å². The highest BCUT2D eigenvalue weighted by molar-refractivity contribution is 5.73. The molecule has 0 heterocycles. The number of hydrogen-bond acceptors (Lipinski definition) is 3. The summed E-state index contributed by atoms with van der Waals surface area (Å²) in [6, 6.07) is -0.0861. The van der Waals surface area contributed by atoms with Gasteiger partial charge in [-0.2, -0.15) is 0 Å². The second-order valence-electron chi connectivity index (χ2n) is 6.43. The number of aliphatic hydroxyl groups excluding tert-OH is 1. The van der Waals surface area contributed by atoms with Crippen LogP contribution in [0, 0.1) is 11.3 Å². The average molecular weight is 286 g/mol. The number of nitrogens with one attached hydrogen (secondary N) is 2. The van der Waals surface area contributed by atoms with E-state index in [-0.39, 0.29) is 12.6 Å². The predicted octanol–water partition coefficient (Wildman–Crippen LogP) is 1.90. The molecular formula is C15H30N2O3. The van der Waals surface area contributed by atoms with Gasteiger partial charge >= 0.3 is 6.03 Å². The fraction of sp³-hybridized carbons (Fsp3) is 0.933. The van der Waals surface area contributed by atoms with E-state index in [0.717, 1.165) is 13.0 Å². The van der Waals surface area contributed by atoms with Crippen LogP contribution >= 0.6 is 0 Å². The molecule has 1 rings (SSSR count). The van der Waals surface area contributed by atoms with Crippen LogP contribution in [0.15, 0.2) is 0 Å². The molecule has 0 aromatic heterocycles. The van der Waals surface area contributed by atoms with Crippen molar-refractivity contribution < 1.29 is 14.6 Å². The van der Waals surface area contributed by atoms with Gasteiger partial charge in [-0.15, -0.1) is 0 Å². The van der Waals surface area contributed by atoms with E-state index in [2.05, 4.69) is 24.5 Å². The van der Waals surface area contributed by atoms with Crippen LogP contribution in [-0.2, 0) is 4.74 Å². The van der Waals surface area contributed by atoms with Crippen molar-refractivity contribution in [1.29, 1.82) is 0 Å². The van der Waals surface area contributed by atoms with Gasteiger partial charge in [-0.05, 0) is 43.4 Å². The minimum absolute atomic E-state index is 0.0477. The molecule has 2 amide bonds. The third-order valence-corrected chi connectivity index (χ3v) is 4.00. The lowest BCUT2D eigenvalue weighted by Gasteiger charge is -2.34. The van der Waals surface area contributed by atoms with E-state index in [0.29, 0.717) is 31.1 Å². The number of rotatable bonds is 8. The Morgan fingerprint density at radius 1 is 1.25 bits per heavy atom. The summed E-state index contributed by atoms with van der Waals surface area (Å²) in [4.78, 5) is 11.6. The lowest BCUT2D eigenvalue weighted by Crippen LogP contribution is -2.40. The minimum atomic E-state index is -0.0861. The first-order chi connectivity index (χ1) is 9.53. The topological polar surface area (TPSA) is 70.6 Å². The highest BCUT2D eigenvalue weighted by atomic mass is 16.5. The van der Waals surface area contributed by atoms with Gasteiger partial charge in [-0.3, -0.25) is 0 Å². The molecule has 1 saturated carbocycles. The summed E-state index contributed by atoms with van der Waals surface area (Å²) in [5.41, 5.74) is 0.479. The molecule has 118 valence electrons. The highest BCUT2D eigenvalue weighted by Crippen LogP contribution is 2.37. The monoisotopic (exact) mass is 286 g/mol. The molecule has 1 aliphatic rings. The molecule has 3 N–H and O–H groups in total. The summed E-state index contributed by atoms with van der Waals surface area (Å²) in [6.45, 7) is 7.01. The SMILES string of the molecule is CC1(C)CCC(CNC(=O)NCCCOCCO)CC1. The maximum Gasteiger partial charge on any atom is 0.314 e. The smallest absolute Gasteiger partial charge is 0.314 e. The first kappa shape index (κ1) is 17.2. The van der Waals surface area contributed by atoms with Crippen molar-refractivity contribution in [3.63, 3.8) is 0 Å². The zero-order valence-corrected chi connectivity index (χ0v) is 12.9. The highest BCUT2D eigenvalue weighted by Gasteiger charge is 2.26. The molecule has 0 saturated heterocycles. The van der Waals surface area contributed by atoms with Crippen molar-refractivity contribution in [1.82, 2.24) is 10.6 Å². The molecule has 5 heteroatoms. The van der Waals surface area contributed by atoms with E-state index in [1.54, 1.807) is 0 Å². The Morgan fingerprint density at radius 3 is 2.60 bits per heavy atom. The Labute approximate surface area is 122 Å². The maximum atomic E-state index is 11.6. The normalized spacial score (nSPS) is 18.8. The van der Waals surface area contributed by atoms with E-state index < -0.39 is 0 Å². The lowest BCUT2D eigenvalue weighted by atomic mass is 9.73. The van der Waals surface area contributed by atoms with Crippen LogP contribution in [0.25, 0.3) is 0 Å². The molecule has 0 atom stereocenters. The van der Waals surface area contributed by atoms with Gasteiger partial charge in [0.1, 0.15) is 0 Å². The Hall–Kier alpha value is -0.810. The second-order valence-corrected chi connectivity index (χ2v) is 6.43. The van der Waals surface area contributed by atoms with Gasteiger partial charge in [0.2, 0.25) is 0 Å². The van der Waals surface area contributed by atoms with Crippen molar-refractivity contribution in [3.8, 4) is 0 Å². The van der Waals surface area contributed by atoms with Crippen molar-refractivity contribution in [2.24, 2.45) is 11.3 Å². The standard InChI is InChI=1S/C15H30N2O3/c1-15(2)6-4-13(5-7-15)12-17-14(19)16-8-3-10-20-11-9-18/h13,18H,3-12H2,1-2H3,(H2,16,17,19). The van der Waals surface area contributed by atoms with Crippen molar-refractivity contribution in [2.45, 2.75) is 46.0 Å². The van der Waals surface area contributed by atoms with Crippen LogP contribution in [-0.4, -0.2) is 44.0 Å². The fourth-order valence-corrected chi connectivity index (χ4v) is 2.51. The summed E-state index contributed by atoms with van der Waals surface area (Å²) < 4.78 is 5.12. The number of aliphatic hydroxyl groups is 1. The Bertz CT molecular complexity index is 272. The number of carbonyl (C=O) groups is 1. The van der Waals surface area contributed by atoms with Crippen LogP contribution < -0.4 is 10.6 Å². The van der Waals surface area contributed by atoms with Crippen LogP contribution in [0.1, 0.15) is 46.0 Å². The minimum Gasteiger partial charge on any atom is -0.394 e. The maximum absolute atomic E-state index is 11.6. The summed E-state index contributed by atoms with van der Waals surface area (Å²) in [6.07, 6.45) is 5.70. The third-order valence-electron chi connectivity index (χ3n) is 4.00. The number of carbonyl (C=O) groups excluding carboxylic acids is 1. The van der Waals surface area contributed by atoms with E-state index in [4.69, 9.17) is 9.84 Å². The van der Waals surface area contributed by atoms with Crippen LogP contribution in [0.3, 0.4) is 0 Å². The van der Waals surface area contributed by atoms with Gasteiger partial charge < -0.3 is 20.5 Å².